The first-order valence-electron chi connectivity index (χ1n) is 1.68. The molecular weight excluding hydrogens is 170 g/mol. The minimum atomic E-state index is -1.47. The Bertz CT molecular complexity index is 102. The highest BCUT2D eigenvalue weighted by Crippen LogP contribution is 2.26. The molecule has 0 aliphatic rings. The summed E-state index contributed by atoms with van der Waals surface area (Å²) < 4.78 is -1.47. The van der Waals surface area contributed by atoms with E-state index < -0.39 is 3.79 Å². The van der Waals surface area contributed by atoms with Crippen LogP contribution >= 0.6 is 34.8 Å². The third kappa shape index (κ3) is 6.28. The van der Waals surface area contributed by atoms with Crippen molar-refractivity contribution in [2.45, 2.75) is 3.79 Å². The molecule has 45 valence electrons. The summed E-state index contributed by atoms with van der Waals surface area (Å²) >= 11 is 15.5. The van der Waals surface area contributed by atoms with Gasteiger partial charge >= 0.3 is 0 Å². The molecule has 0 spiro atoms. The summed E-state index contributed by atoms with van der Waals surface area (Å²) in [5.41, 5.74) is 0. The standard InChI is InChI=1S/C4H2Cl3O/c5-4(6,7)2-1-3-8/h1-2H/b2-1+. The largest absolute Gasteiger partial charge is 0.286 e. The zero-order chi connectivity index (χ0) is 6.62. The molecule has 1 radical (unpaired) electrons. The van der Waals surface area contributed by atoms with Crippen molar-refractivity contribution in [2.75, 3.05) is 0 Å². The third-order valence-electron chi connectivity index (χ3n) is 0.340. The number of alkyl halides is 3. The molecule has 0 aliphatic carbocycles. The molecule has 0 aromatic heterocycles. The molecule has 0 N–H and O–H groups in total. The van der Waals surface area contributed by atoms with Gasteiger partial charge in [-0.05, 0) is 12.2 Å². The van der Waals surface area contributed by atoms with Crippen molar-refractivity contribution in [1.82, 2.24) is 0 Å². The predicted molar refractivity (Wildman–Crippen MR) is 35.1 cm³/mol. The number of rotatable bonds is 1. The number of halogens is 3. The Morgan fingerprint density at radius 2 is 1.88 bits per heavy atom. The number of hydrogen-bond donors (Lipinski definition) is 0. The molecule has 0 heterocycles. The van der Waals surface area contributed by atoms with E-state index in [1.54, 1.807) is 0 Å². The van der Waals surface area contributed by atoms with Gasteiger partial charge in [-0.15, -0.1) is 0 Å². The van der Waals surface area contributed by atoms with Gasteiger partial charge in [0.2, 0.25) is 10.1 Å². The van der Waals surface area contributed by atoms with Gasteiger partial charge in [0.15, 0.2) is 0 Å². The normalized spacial score (nSPS) is 12.4. The van der Waals surface area contributed by atoms with Gasteiger partial charge in [0.25, 0.3) is 0 Å². The van der Waals surface area contributed by atoms with Crippen LogP contribution in [0.1, 0.15) is 0 Å². The van der Waals surface area contributed by atoms with E-state index in [2.05, 4.69) is 0 Å². The van der Waals surface area contributed by atoms with E-state index >= 15 is 0 Å². The molecule has 0 aromatic carbocycles. The third-order valence-corrected chi connectivity index (χ3v) is 0.718. The average molecular weight is 172 g/mol. The quantitative estimate of drug-likeness (QED) is 0.437. The average Bonchev–Trinajstić information content (AvgIpc) is 1.59. The van der Waals surface area contributed by atoms with E-state index in [9.17, 15) is 4.79 Å². The molecule has 0 atom stereocenters. The van der Waals surface area contributed by atoms with E-state index in [4.69, 9.17) is 34.8 Å². The first kappa shape index (κ1) is 8.28. The summed E-state index contributed by atoms with van der Waals surface area (Å²) in [6.45, 7) is 0. The summed E-state index contributed by atoms with van der Waals surface area (Å²) in [7, 11) is 0. The molecule has 0 amide bonds. The summed E-state index contributed by atoms with van der Waals surface area (Å²) in [5.74, 6) is 0. The van der Waals surface area contributed by atoms with Gasteiger partial charge in [0.1, 0.15) is 0 Å². The minimum absolute atomic E-state index is 1.01. The number of allylic oxidation sites excluding steroid dienone is 2. The van der Waals surface area contributed by atoms with E-state index in [0.717, 1.165) is 12.2 Å². The molecule has 4 heteroatoms. The highest BCUT2D eigenvalue weighted by atomic mass is 35.6. The Morgan fingerprint density at radius 1 is 1.38 bits per heavy atom. The Labute approximate surface area is 62.2 Å². The minimum Gasteiger partial charge on any atom is -0.286 e. The molecular formula is C4H2Cl3O. The van der Waals surface area contributed by atoms with E-state index in [-0.39, 0.29) is 0 Å². The maximum atomic E-state index is 9.46. The number of hydrogen-bond acceptors (Lipinski definition) is 1. The van der Waals surface area contributed by atoms with Gasteiger partial charge in [-0.25, -0.2) is 0 Å². The zero-order valence-electron chi connectivity index (χ0n) is 3.70. The maximum Gasteiger partial charge on any atom is 0.225 e. The Balaban J connectivity index is 3.69. The van der Waals surface area contributed by atoms with Crippen LogP contribution in [0.15, 0.2) is 12.2 Å². The lowest BCUT2D eigenvalue weighted by molar-refractivity contribution is 0.564. The van der Waals surface area contributed by atoms with Crippen LogP contribution in [-0.4, -0.2) is 10.1 Å². The second kappa shape index (κ2) is 3.33. The van der Waals surface area contributed by atoms with Crippen LogP contribution in [0.3, 0.4) is 0 Å². The molecule has 0 fully saturated rings. The van der Waals surface area contributed by atoms with Gasteiger partial charge in [-0.1, -0.05) is 34.8 Å². The van der Waals surface area contributed by atoms with Crippen LogP contribution in [-0.2, 0) is 4.79 Å². The smallest absolute Gasteiger partial charge is 0.225 e. The number of carbonyl (C=O) groups excluding carboxylic acids is 1. The molecule has 8 heavy (non-hydrogen) atoms. The lowest BCUT2D eigenvalue weighted by atomic mass is 10.6. The van der Waals surface area contributed by atoms with Crippen LogP contribution < -0.4 is 0 Å². The molecule has 0 aromatic rings. The highest BCUT2D eigenvalue weighted by Gasteiger charge is 2.12. The van der Waals surface area contributed by atoms with Crippen LogP contribution in [0, 0.1) is 0 Å². The van der Waals surface area contributed by atoms with E-state index in [1.807, 2.05) is 0 Å². The zero-order valence-corrected chi connectivity index (χ0v) is 5.96. The monoisotopic (exact) mass is 171 g/mol. The molecule has 0 aliphatic heterocycles. The second-order valence-corrected chi connectivity index (χ2v) is 3.36. The molecule has 0 bridgehead atoms. The van der Waals surface area contributed by atoms with E-state index in [1.165, 1.54) is 6.29 Å². The fourth-order valence-electron chi connectivity index (χ4n) is 0.129. The van der Waals surface area contributed by atoms with Crippen molar-refractivity contribution in [3.05, 3.63) is 12.2 Å². The SMILES string of the molecule is O=[C]/C=C/C(Cl)(Cl)Cl. The summed E-state index contributed by atoms with van der Waals surface area (Å²) in [5, 5.41) is 0. The summed E-state index contributed by atoms with van der Waals surface area (Å²) in [6, 6.07) is 0. The Kier molecular flexibility index (Phi) is 3.45. The van der Waals surface area contributed by atoms with Gasteiger partial charge in [-0.3, -0.25) is 4.79 Å². The molecule has 0 unspecified atom stereocenters. The first-order chi connectivity index (χ1) is 3.56. The van der Waals surface area contributed by atoms with Gasteiger partial charge in [-0.2, -0.15) is 0 Å². The summed E-state index contributed by atoms with van der Waals surface area (Å²) in [4.78, 5) is 9.46. The van der Waals surface area contributed by atoms with Crippen molar-refractivity contribution in [3.63, 3.8) is 0 Å². The molecule has 0 saturated carbocycles. The van der Waals surface area contributed by atoms with Crippen molar-refractivity contribution >= 4 is 41.1 Å². The molecule has 1 nitrogen and oxygen atoms in total. The van der Waals surface area contributed by atoms with Crippen molar-refractivity contribution in [3.8, 4) is 0 Å². The molecule has 0 saturated heterocycles. The Morgan fingerprint density at radius 3 is 2.00 bits per heavy atom. The van der Waals surface area contributed by atoms with Crippen LogP contribution in [0.4, 0.5) is 0 Å². The second-order valence-electron chi connectivity index (χ2n) is 0.993. The lowest BCUT2D eigenvalue weighted by Crippen LogP contribution is -1.93. The van der Waals surface area contributed by atoms with E-state index in [0.29, 0.717) is 0 Å². The van der Waals surface area contributed by atoms with Gasteiger partial charge < -0.3 is 0 Å². The molecule has 0 rings (SSSR count). The van der Waals surface area contributed by atoms with Crippen molar-refractivity contribution in [1.29, 1.82) is 0 Å². The summed E-state index contributed by atoms with van der Waals surface area (Å²) in [6.07, 6.45) is 3.56. The van der Waals surface area contributed by atoms with Crippen LogP contribution in [0.5, 0.6) is 0 Å². The Hall–Kier alpha value is 0.280. The van der Waals surface area contributed by atoms with Gasteiger partial charge in [0, 0.05) is 0 Å². The fourth-order valence-corrected chi connectivity index (χ4v) is 0.317. The highest BCUT2D eigenvalue weighted by molar-refractivity contribution is 6.69. The maximum absolute atomic E-state index is 9.46. The lowest BCUT2D eigenvalue weighted by Gasteiger charge is -1.98. The van der Waals surface area contributed by atoms with Gasteiger partial charge in [0.05, 0.1) is 0 Å². The predicted octanol–water partition coefficient (Wildman–Crippen LogP) is 2.02. The van der Waals surface area contributed by atoms with Crippen molar-refractivity contribution < 1.29 is 4.79 Å². The topological polar surface area (TPSA) is 17.1 Å². The van der Waals surface area contributed by atoms with Crippen molar-refractivity contribution in [2.24, 2.45) is 0 Å². The van der Waals surface area contributed by atoms with Crippen LogP contribution in [0.25, 0.3) is 0 Å². The van der Waals surface area contributed by atoms with Crippen LogP contribution in [0.2, 0.25) is 0 Å². The fraction of sp³-hybridized carbons (Fsp3) is 0.250. The first-order valence-corrected chi connectivity index (χ1v) is 2.82.